The SMILES string of the molecule is CCCC(=O)N[C@@H](CC(C)C)[C@@H](CC(=O)O[C@@H]1COC(=O)c2csc(n2)[C@H](C(C)C)OC(=O)[C@@H](C)[C@H](CCCC(C)(Cl)Cl)OC(=O)c2csc1n2)OC(C)=O. The lowest BCUT2D eigenvalue weighted by Crippen LogP contribution is -2.47. The van der Waals surface area contributed by atoms with Crippen molar-refractivity contribution >= 4 is 81.6 Å². The van der Waals surface area contributed by atoms with E-state index in [-0.39, 0.29) is 47.0 Å². The molecule has 0 saturated carbocycles. The fourth-order valence-corrected chi connectivity index (χ4v) is 7.72. The number of amides is 1. The highest BCUT2D eigenvalue weighted by Gasteiger charge is 2.36. The molecule has 1 aliphatic rings. The molecule has 1 aliphatic heterocycles. The van der Waals surface area contributed by atoms with Crippen molar-refractivity contribution in [3.63, 3.8) is 0 Å². The van der Waals surface area contributed by atoms with Gasteiger partial charge in [-0.2, -0.15) is 0 Å². The van der Waals surface area contributed by atoms with E-state index >= 15 is 0 Å². The van der Waals surface area contributed by atoms with Crippen molar-refractivity contribution in [3.05, 3.63) is 32.2 Å². The summed E-state index contributed by atoms with van der Waals surface area (Å²) in [5.74, 6) is -5.19. The molecule has 0 saturated heterocycles. The van der Waals surface area contributed by atoms with Crippen LogP contribution in [0.15, 0.2) is 10.8 Å². The minimum Gasteiger partial charge on any atom is -0.460 e. The van der Waals surface area contributed by atoms with Gasteiger partial charge in [0, 0.05) is 24.1 Å². The van der Waals surface area contributed by atoms with Crippen LogP contribution in [0.1, 0.15) is 144 Å². The molecule has 306 valence electrons. The first-order valence-corrected chi connectivity index (χ1v) is 20.8. The van der Waals surface area contributed by atoms with Gasteiger partial charge in [0.1, 0.15) is 33.2 Å². The first-order chi connectivity index (χ1) is 25.8. The lowest BCUT2D eigenvalue weighted by atomic mass is 9.96. The molecule has 1 N–H and O–H groups in total. The molecule has 0 aromatic carbocycles. The van der Waals surface area contributed by atoms with Gasteiger partial charge < -0.3 is 29.0 Å². The van der Waals surface area contributed by atoms with Crippen LogP contribution in [-0.2, 0) is 42.9 Å². The fourth-order valence-electron chi connectivity index (χ4n) is 5.67. The Morgan fingerprint density at radius 3 is 2.25 bits per heavy atom. The molecule has 0 aliphatic carbocycles. The molecule has 0 spiro atoms. The van der Waals surface area contributed by atoms with E-state index in [1.54, 1.807) is 13.8 Å². The molecular weight excluding hydrogens is 797 g/mol. The molecule has 3 heterocycles. The number of halogens is 2. The highest BCUT2D eigenvalue weighted by atomic mass is 35.5. The zero-order valence-corrected chi connectivity index (χ0v) is 35.5. The van der Waals surface area contributed by atoms with Crippen LogP contribution in [0.2, 0.25) is 0 Å². The lowest BCUT2D eigenvalue weighted by molar-refractivity contribution is -0.161. The van der Waals surface area contributed by atoms with E-state index in [1.807, 2.05) is 34.6 Å². The van der Waals surface area contributed by atoms with Crippen molar-refractivity contribution < 1.29 is 52.5 Å². The van der Waals surface area contributed by atoms with E-state index in [9.17, 15) is 28.8 Å². The first kappa shape index (κ1) is 46.0. The van der Waals surface area contributed by atoms with Crippen LogP contribution in [0.3, 0.4) is 0 Å². The molecule has 2 aromatic heterocycles. The largest absolute Gasteiger partial charge is 0.460 e. The van der Waals surface area contributed by atoms with Crippen LogP contribution in [0, 0.1) is 17.8 Å². The third kappa shape index (κ3) is 14.9. The Bertz CT molecular complexity index is 1640. The maximum Gasteiger partial charge on any atom is 0.358 e. The number of carbonyl (C=O) groups excluding carboxylic acids is 6. The number of cyclic esters (lactones) is 3. The van der Waals surface area contributed by atoms with Gasteiger partial charge in [-0.3, -0.25) is 19.2 Å². The van der Waals surface area contributed by atoms with E-state index < -0.39 is 83.6 Å². The molecule has 0 fully saturated rings. The summed E-state index contributed by atoms with van der Waals surface area (Å²) in [4.78, 5) is 87.4. The number of carbonyl (C=O) groups is 6. The average Bonchev–Trinajstić information content (AvgIpc) is 3.77. The summed E-state index contributed by atoms with van der Waals surface area (Å²) in [6.07, 6.45) is -2.37. The van der Waals surface area contributed by atoms with Crippen molar-refractivity contribution in [1.82, 2.24) is 15.3 Å². The van der Waals surface area contributed by atoms with Crippen LogP contribution >= 0.6 is 45.9 Å². The van der Waals surface area contributed by atoms with Crippen LogP contribution < -0.4 is 5.32 Å². The van der Waals surface area contributed by atoms with Crippen molar-refractivity contribution in [2.24, 2.45) is 17.8 Å². The van der Waals surface area contributed by atoms with Gasteiger partial charge in [0.05, 0.1) is 18.4 Å². The molecule has 18 heteroatoms. The van der Waals surface area contributed by atoms with Crippen molar-refractivity contribution in [2.45, 2.75) is 135 Å². The Hall–Kier alpha value is -3.34. The monoisotopic (exact) mass is 847 g/mol. The molecule has 3 rings (SSSR count). The molecule has 0 radical (unpaired) electrons. The highest BCUT2D eigenvalue weighted by molar-refractivity contribution is 7.10. The minimum absolute atomic E-state index is 0.0557. The summed E-state index contributed by atoms with van der Waals surface area (Å²) < 4.78 is 27.6. The number of nitrogens with one attached hydrogen (secondary N) is 1. The molecule has 1 amide bonds. The normalized spacial score (nSPS) is 20.8. The van der Waals surface area contributed by atoms with Gasteiger partial charge in [-0.15, -0.1) is 45.9 Å². The van der Waals surface area contributed by atoms with E-state index in [0.29, 0.717) is 30.7 Å². The van der Waals surface area contributed by atoms with Gasteiger partial charge in [-0.05, 0) is 57.8 Å². The Morgan fingerprint density at radius 2 is 1.65 bits per heavy atom. The Kier molecular flexibility index (Phi) is 17.8. The zero-order valence-electron chi connectivity index (χ0n) is 32.4. The summed E-state index contributed by atoms with van der Waals surface area (Å²) in [6.45, 7) is 13.3. The Morgan fingerprint density at radius 1 is 1.02 bits per heavy atom. The molecule has 14 nitrogen and oxygen atoms in total. The Labute approximate surface area is 339 Å². The zero-order chi connectivity index (χ0) is 41.0. The second-order valence-electron chi connectivity index (χ2n) is 14.4. The predicted molar refractivity (Wildman–Crippen MR) is 206 cm³/mol. The molecule has 0 unspecified atom stereocenters. The topological polar surface area (TPSA) is 186 Å². The number of rotatable bonds is 15. The number of thiazole rings is 2. The number of hydrogen-bond donors (Lipinski definition) is 1. The number of aromatic nitrogens is 2. The van der Waals surface area contributed by atoms with Crippen LogP contribution in [0.5, 0.6) is 0 Å². The lowest BCUT2D eigenvalue weighted by Gasteiger charge is -2.29. The maximum atomic E-state index is 13.6. The molecule has 55 heavy (non-hydrogen) atoms. The molecule has 4 bridgehead atoms. The van der Waals surface area contributed by atoms with Crippen LogP contribution in [0.4, 0.5) is 0 Å². The first-order valence-electron chi connectivity index (χ1n) is 18.3. The van der Waals surface area contributed by atoms with Crippen LogP contribution in [0.25, 0.3) is 0 Å². The average molecular weight is 849 g/mol. The van der Waals surface area contributed by atoms with Gasteiger partial charge in [-0.25, -0.2) is 19.6 Å². The second kappa shape index (κ2) is 21.3. The third-order valence-corrected chi connectivity index (χ3v) is 10.7. The van der Waals surface area contributed by atoms with Crippen molar-refractivity contribution in [1.29, 1.82) is 0 Å². The standard InChI is InChI=1S/C37H51Cl2N3O11S2/c1-9-11-29(44)40-23(14-19(2)3)27(50-22(7)43)15-30(45)51-28-16-49-35(47)24-17-55-33(42-24)31(20(4)5)53-34(46)21(6)26(12-10-13-37(8,38)39)52-36(48)25-18-54-32(28)41-25/h17-21,23,26-28,31H,9-16H2,1-8H3,(H,40,44)/t21-,23-,26-,27+,28+,31-/m0/s1. The molecule has 6 atom stereocenters. The number of fused-ring (bicyclic) bond motifs is 4. The van der Waals surface area contributed by atoms with E-state index in [1.165, 1.54) is 17.7 Å². The van der Waals surface area contributed by atoms with Crippen molar-refractivity contribution in [2.75, 3.05) is 6.61 Å². The van der Waals surface area contributed by atoms with Gasteiger partial charge >= 0.3 is 29.8 Å². The maximum absolute atomic E-state index is 13.6. The molecule has 2 aromatic rings. The minimum atomic E-state index is -1.30. The van der Waals surface area contributed by atoms with E-state index in [4.69, 9.17) is 46.9 Å². The summed E-state index contributed by atoms with van der Waals surface area (Å²) in [5, 5.41) is 6.20. The summed E-state index contributed by atoms with van der Waals surface area (Å²) in [6, 6.07) is -0.696. The van der Waals surface area contributed by atoms with Gasteiger partial charge in [0.25, 0.3) is 0 Å². The predicted octanol–water partition coefficient (Wildman–Crippen LogP) is 7.47. The summed E-state index contributed by atoms with van der Waals surface area (Å²) >= 11 is 14.4. The smallest absolute Gasteiger partial charge is 0.358 e. The fraction of sp³-hybridized carbons (Fsp3) is 0.676. The number of esters is 5. The van der Waals surface area contributed by atoms with E-state index in [2.05, 4.69) is 15.3 Å². The summed E-state index contributed by atoms with van der Waals surface area (Å²) in [5.41, 5.74) is -0.196. The van der Waals surface area contributed by atoms with Crippen LogP contribution in [-0.4, -0.2) is 74.9 Å². The highest BCUT2D eigenvalue weighted by Crippen LogP contribution is 2.33. The Balaban J connectivity index is 1.98. The number of hydrogen-bond acceptors (Lipinski definition) is 15. The number of ether oxygens (including phenoxy) is 5. The third-order valence-electron chi connectivity index (χ3n) is 8.44. The van der Waals surface area contributed by atoms with Gasteiger partial charge in [-0.1, -0.05) is 34.6 Å². The number of alkyl halides is 2. The molecular formula is C37H51Cl2N3O11S2. The summed E-state index contributed by atoms with van der Waals surface area (Å²) in [7, 11) is 0. The van der Waals surface area contributed by atoms with Crippen molar-refractivity contribution in [3.8, 4) is 0 Å². The van der Waals surface area contributed by atoms with Gasteiger partial charge in [0.15, 0.2) is 23.6 Å². The van der Waals surface area contributed by atoms with Gasteiger partial charge in [0.2, 0.25) is 5.91 Å². The quantitative estimate of drug-likeness (QED) is 0.106. The van der Waals surface area contributed by atoms with E-state index in [0.717, 1.165) is 22.7 Å². The second-order valence-corrected chi connectivity index (χ2v) is 18.1. The number of nitrogens with zero attached hydrogens (tertiary/aromatic N) is 2.